The van der Waals surface area contributed by atoms with Gasteiger partial charge in [0.15, 0.2) is 5.78 Å². The van der Waals surface area contributed by atoms with Crippen LogP contribution in [-0.4, -0.2) is 49.1 Å². The molecule has 21 heavy (non-hydrogen) atoms. The molecule has 116 valence electrons. The van der Waals surface area contributed by atoms with Crippen molar-refractivity contribution >= 4 is 21.7 Å². The van der Waals surface area contributed by atoms with Crippen molar-refractivity contribution in [2.75, 3.05) is 33.4 Å². The fraction of sp³-hybridized carbons (Fsp3) is 0.562. The molecule has 5 heteroatoms. The fourth-order valence-electron chi connectivity index (χ4n) is 2.85. The molecule has 0 radical (unpaired) electrons. The molecular weight excluding hydrogens is 334 g/mol. The molecule has 1 aliphatic rings. The van der Waals surface area contributed by atoms with Gasteiger partial charge < -0.3 is 9.84 Å². The second kappa shape index (κ2) is 7.92. The minimum absolute atomic E-state index is 0.128. The van der Waals surface area contributed by atoms with Crippen molar-refractivity contribution in [3.63, 3.8) is 0 Å². The molecule has 2 rings (SSSR count). The molecule has 4 nitrogen and oxygen atoms in total. The molecule has 1 fully saturated rings. The predicted octanol–water partition coefficient (Wildman–Crippen LogP) is 2.73. The number of aliphatic hydroxyl groups is 1. The summed E-state index contributed by atoms with van der Waals surface area (Å²) in [5, 5.41) is 9.04. The van der Waals surface area contributed by atoms with Gasteiger partial charge in [0.2, 0.25) is 0 Å². The Morgan fingerprint density at radius 1 is 1.52 bits per heavy atom. The molecule has 0 spiro atoms. The summed E-state index contributed by atoms with van der Waals surface area (Å²) in [6, 6.07) is 5.43. The van der Waals surface area contributed by atoms with Crippen molar-refractivity contribution in [2.45, 2.75) is 19.3 Å². The highest BCUT2D eigenvalue weighted by Crippen LogP contribution is 2.26. The van der Waals surface area contributed by atoms with Crippen molar-refractivity contribution in [1.82, 2.24) is 4.90 Å². The first-order valence-corrected chi connectivity index (χ1v) is 8.13. The lowest BCUT2D eigenvalue weighted by Gasteiger charge is -2.31. The van der Waals surface area contributed by atoms with Gasteiger partial charge in [-0.25, -0.2) is 0 Å². The van der Waals surface area contributed by atoms with Crippen LogP contribution in [0.2, 0.25) is 0 Å². The standard InChI is InChI=1S/C16H22BrNO3/c1-21-16-5-4-13(9-14(16)17)15(20)11-18-7-2-3-12(10-18)6-8-19/h4-5,9,12,19H,2-3,6-8,10-11H2,1H3. The van der Waals surface area contributed by atoms with E-state index in [4.69, 9.17) is 9.84 Å². The lowest BCUT2D eigenvalue weighted by molar-refractivity contribution is 0.0871. The number of methoxy groups -OCH3 is 1. The summed E-state index contributed by atoms with van der Waals surface area (Å²) in [6.07, 6.45) is 3.09. The van der Waals surface area contributed by atoms with Crippen LogP contribution >= 0.6 is 15.9 Å². The molecule has 0 aromatic heterocycles. The summed E-state index contributed by atoms with van der Waals surface area (Å²) in [5.41, 5.74) is 0.701. The van der Waals surface area contributed by atoms with E-state index < -0.39 is 0 Å². The molecule has 1 aromatic rings. The van der Waals surface area contributed by atoms with Crippen LogP contribution in [-0.2, 0) is 0 Å². The minimum atomic E-state index is 0.128. The SMILES string of the molecule is COc1ccc(C(=O)CN2CCCC(CCO)C2)cc1Br. The lowest BCUT2D eigenvalue weighted by atomic mass is 9.95. The second-order valence-electron chi connectivity index (χ2n) is 5.53. The van der Waals surface area contributed by atoms with Gasteiger partial charge in [-0.15, -0.1) is 0 Å². The normalized spacial score (nSPS) is 19.5. The Kier molecular flexibility index (Phi) is 6.21. The van der Waals surface area contributed by atoms with E-state index in [1.165, 1.54) is 0 Å². The number of nitrogens with zero attached hydrogens (tertiary/aromatic N) is 1. The summed E-state index contributed by atoms with van der Waals surface area (Å²) >= 11 is 3.41. The number of likely N-dealkylation sites (tertiary alicyclic amines) is 1. The van der Waals surface area contributed by atoms with Gasteiger partial charge in [-0.3, -0.25) is 9.69 Å². The number of hydrogen-bond acceptors (Lipinski definition) is 4. The monoisotopic (exact) mass is 355 g/mol. The number of halogens is 1. The van der Waals surface area contributed by atoms with E-state index in [-0.39, 0.29) is 12.4 Å². The number of Topliss-reactive ketones (excluding diaryl/α,β-unsaturated/α-hetero) is 1. The summed E-state index contributed by atoms with van der Waals surface area (Å²) in [6.45, 7) is 2.55. The molecule has 1 N–H and O–H groups in total. The van der Waals surface area contributed by atoms with Crippen LogP contribution in [0.4, 0.5) is 0 Å². The van der Waals surface area contributed by atoms with Crippen LogP contribution in [0, 0.1) is 5.92 Å². The maximum atomic E-state index is 12.4. The number of ether oxygens (including phenoxy) is 1. The summed E-state index contributed by atoms with van der Waals surface area (Å²) in [5.74, 6) is 1.37. The molecule has 0 bridgehead atoms. The first kappa shape index (κ1) is 16.5. The Balaban J connectivity index is 1.96. The minimum Gasteiger partial charge on any atom is -0.496 e. The highest BCUT2D eigenvalue weighted by atomic mass is 79.9. The quantitative estimate of drug-likeness (QED) is 0.797. The second-order valence-corrected chi connectivity index (χ2v) is 6.38. The van der Waals surface area contributed by atoms with Gasteiger partial charge in [0, 0.05) is 18.7 Å². The van der Waals surface area contributed by atoms with Gasteiger partial charge in [-0.2, -0.15) is 0 Å². The Bertz CT molecular complexity index is 490. The van der Waals surface area contributed by atoms with E-state index in [9.17, 15) is 4.79 Å². The summed E-state index contributed by atoms with van der Waals surface area (Å²) in [4.78, 5) is 14.6. The average molecular weight is 356 g/mol. The maximum Gasteiger partial charge on any atom is 0.176 e. The van der Waals surface area contributed by atoms with E-state index in [1.54, 1.807) is 13.2 Å². The third-order valence-corrected chi connectivity index (χ3v) is 4.60. The smallest absolute Gasteiger partial charge is 0.176 e. The predicted molar refractivity (Wildman–Crippen MR) is 85.9 cm³/mol. The number of piperidine rings is 1. The Morgan fingerprint density at radius 2 is 2.33 bits per heavy atom. The average Bonchev–Trinajstić information content (AvgIpc) is 2.48. The number of ketones is 1. The highest BCUT2D eigenvalue weighted by molar-refractivity contribution is 9.10. The maximum absolute atomic E-state index is 12.4. The molecule has 1 saturated heterocycles. The molecule has 1 aromatic carbocycles. The molecule has 1 heterocycles. The number of benzene rings is 1. The Labute approximate surface area is 134 Å². The van der Waals surface area contributed by atoms with Crippen molar-refractivity contribution in [1.29, 1.82) is 0 Å². The van der Waals surface area contributed by atoms with Gasteiger partial charge in [0.25, 0.3) is 0 Å². The highest BCUT2D eigenvalue weighted by Gasteiger charge is 2.21. The molecule has 0 amide bonds. The Morgan fingerprint density at radius 3 is 3.00 bits per heavy atom. The largest absolute Gasteiger partial charge is 0.496 e. The molecular formula is C16H22BrNO3. The van der Waals surface area contributed by atoms with Crippen molar-refractivity contribution < 1.29 is 14.6 Å². The van der Waals surface area contributed by atoms with E-state index in [0.29, 0.717) is 18.0 Å². The van der Waals surface area contributed by atoms with Gasteiger partial charge in [0.05, 0.1) is 18.1 Å². The number of carbonyl (C=O) groups is 1. The zero-order valence-corrected chi connectivity index (χ0v) is 13.9. The van der Waals surface area contributed by atoms with E-state index in [2.05, 4.69) is 20.8 Å². The topological polar surface area (TPSA) is 49.8 Å². The van der Waals surface area contributed by atoms with E-state index >= 15 is 0 Å². The molecule has 0 saturated carbocycles. The van der Waals surface area contributed by atoms with Gasteiger partial charge >= 0.3 is 0 Å². The van der Waals surface area contributed by atoms with Crippen LogP contribution in [0.1, 0.15) is 29.6 Å². The summed E-state index contributed by atoms with van der Waals surface area (Å²) < 4.78 is 5.98. The van der Waals surface area contributed by atoms with Crippen LogP contribution in [0.3, 0.4) is 0 Å². The van der Waals surface area contributed by atoms with Crippen molar-refractivity contribution in [2.24, 2.45) is 5.92 Å². The first-order valence-electron chi connectivity index (χ1n) is 7.34. The summed E-state index contributed by atoms with van der Waals surface area (Å²) in [7, 11) is 1.61. The molecule has 1 aliphatic heterocycles. The van der Waals surface area contributed by atoms with Crippen LogP contribution in [0.15, 0.2) is 22.7 Å². The Hall–Kier alpha value is -0.910. The third kappa shape index (κ3) is 4.53. The third-order valence-electron chi connectivity index (χ3n) is 3.98. The van der Waals surface area contributed by atoms with Crippen molar-refractivity contribution in [3.8, 4) is 5.75 Å². The zero-order valence-electron chi connectivity index (χ0n) is 12.3. The van der Waals surface area contributed by atoms with Crippen LogP contribution in [0.5, 0.6) is 5.75 Å². The van der Waals surface area contributed by atoms with Gasteiger partial charge in [-0.1, -0.05) is 0 Å². The van der Waals surface area contributed by atoms with Gasteiger partial charge in [0.1, 0.15) is 5.75 Å². The van der Waals surface area contributed by atoms with Crippen LogP contribution < -0.4 is 4.74 Å². The number of aliphatic hydroxyl groups excluding tert-OH is 1. The molecule has 0 aliphatic carbocycles. The number of hydrogen-bond donors (Lipinski definition) is 1. The number of rotatable bonds is 6. The molecule has 1 unspecified atom stereocenters. The molecule has 1 atom stereocenters. The van der Waals surface area contributed by atoms with Crippen molar-refractivity contribution in [3.05, 3.63) is 28.2 Å². The lowest BCUT2D eigenvalue weighted by Crippen LogP contribution is -2.39. The first-order chi connectivity index (χ1) is 10.1. The van der Waals surface area contributed by atoms with Gasteiger partial charge in [-0.05, 0) is 65.9 Å². The van der Waals surface area contributed by atoms with E-state index in [0.717, 1.165) is 42.6 Å². The van der Waals surface area contributed by atoms with E-state index in [1.807, 2.05) is 12.1 Å². The fourth-order valence-corrected chi connectivity index (χ4v) is 3.39. The van der Waals surface area contributed by atoms with Crippen LogP contribution in [0.25, 0.3) is 0 Å². The zero-order chi connectivity index (χ0) is 15.2. The number of carbonyl (C=O) groups excluding carboxylic acids is 1.